The van der Waals surface area contributed by atoms with E-state index in [1.165, 1.54) is 5.56 Å². The average molecular weight is 147 g/mol. The molecule has 0 aliphatic rings. The van der Waals surface area contributed by atoms with Gasteiger partial charge in [0.1, 0.15) is 13.0 Å². The maximum atomic E-state index is 9.20. The molecule has 0 bridgehead atoms. The van der Waals surface area contributed by atoms with Crippen LogP contribution in [0.25, 0.3) is 0 Å². The first-order valence-electron chi connectivity index (χ1n) is 3.80. The topological polar surface area (TPSA) is 20.2 Å². The molecule has 0 spiro atoms. The molecule has 1 radical (unpaired) electrons. The molecule has 1 N–H and O–H groups in total. The van der Waals surface area contributed by atoms with E-state index >= 15 is 0 Å². The molecule has 1 aromatic carbocycles. The fourth-order valence-electron chi connectivity index (χ4n) is 1.08. The number of aryl methyl sites for hydroxylation is 1. The maximum Gasteiger partial charge on any atom is 0.118 e. The summed E-state index contributed by atoms with van der Waals surface area (Å²) < 4.78 is 0. The lowest BCUT2D eigenvalue weighted by Gasteiger charge is -2.01. The van der Waals surface area contributed by atoms with Gasteiger partial charge >= 0.3 is 0 Å². The minimum Gasteiger partial charge on any atom is -0.508 e. The lowest BCUT2D eigenvalue weighted by Crippen LogP contribution is -1.91. The fraction of sp³-hybridized carbons (Fsp3) is 0.333. The maximum absolute atomic E-state index is 9.20. The smallest absolute Gasteiger partial charge is 0.118 e. The van der Waals surface area contributed by atoms with Gasteiger partial charge in [-0.3, -0.25) is 0 Å². The van der Waals surface area contributed by atoms with Crippen molar-refractivity contribution in [3.05, 3.63) is 29.3 Å². The third-order valence-electron chi connectivity index (χ3n) is 1.70. The molecule has 0 atom stereocenters. The molecule has 0 saturated heterocycles. The number of rotatable bonds is 2. The van der Waals surface area contributed by atoms with Crippen LogP contribution in [0.1, 0.15) is 11.1 Å². The van der Waals surface area contributed by atoms with Gasteiger partial charge in [-0.15, -0.1) is 0 Å². The average Bonchev–Trinajstić information content (AvgIpc) is 1.98. The van der Waals surface area contributed by atoms with Crippen molar-refractivity contribution in [1.82, 2.24) is 0 Å². The molecule has 0 saturated carbocycles. The molecule has 0 unspecified atom stereocenters. The second-order valence-electron chi connectivity index (χ2n) is 2.73. The van der Waals surface area contributed by atoms with Crippen molar-refractivity contribution in [3.8, 4) is 5.75 Å². The van der Waals surface area contributed by atoms with E-state index in [-0.39, 0.29) is 0 Å². The van der Waals surface area contributed by atoms with Crippen molar-refractivity contribution < 1.29 is 5.11 Å². The zero-order chi connectivity index (χ0) is 8.27. The Morgan fingerprint density at radius 1 is 1.45 bits per heavy atom. The lowest BCUT2D eigenvalue weighted by atomic mass is 9.75. The number of phenolic OH excluding ortho intramolecular Hbond substituents is 1. The van der Waals surface area contributed by atoms with Crippen LogP contribution in [-0.2, 0) is 6.32 Å². The van der Waals surface area contributed by atoms with Crippen molar-refractivity contribution in [3.63, 3.8) is 0 Å². The molecule has 0 aliphatic carbocycles. The van der Waals surface area contributed by atoms with Crippen molar-refractivity contribution in [2.24, 2.45) is 0 Å². The van der Waals surface area contributed by atoms with Gasteiger partial charge < -0.3 is 5.11 Å². The molecular weight excluding hydrogens is 135 g/mol. The largest absolute Gasteiger partial charge is 0.508 e. The number of hydrogen-bond donors (Lipinski definition) is 1. The highest BCUT2D eigenvalue weighted by Gasteiger charge is 1.96. The van der Waals surface area contributed by atoms with Crippen LogP contribution >= 0.6 is 0 Å². The highest BCUT2D eigenvalue weighted by Crippen LogP contribution is 2.16. The van der Waals surface area contributed by atoms with E-state index in [1.807, 2.05) is 25.9 Å². The molecule has 11 heavy (non-hydrogen) atoms. The lowest BCUT2D eigenvalue weighted by molar-refractivity contribution is 0.471. The van der Waals surface area contributed by atoms with E-state index in [9.17, 15) is 5.11 Å². The van der Waals surface area contributed by atoms with Crippen LogP contribution in [0.15, 0.2) is 18.2 Å². The van der Waals surface area contributed by atoms with Crippen LogP contribution in [-0.4, -0.2) is 12.4 Å². The molecule has 57 valence electrons. The van der Waals surface area contributed by atoms with Gasteiger partial charge in [0.2, 0.25) is 0 Å². The number of hydrogen-bond acceptors (Lipinski definition) is 1. The Balaban J connectivity index is 2.86. The summed E-state index contributed by atoms with van der Waals surface area (Å²) in [7, 11) is 2.10. The highest BCUT2D eigenvalue weighted by atomic mass is 16.3. The van der Waals surface area contributed by atoms with Crippen LogP contribution < -0.4 is 0 Å². The van der Waals surface area contributed by atoms with E-state index in [1.54, 1.807) is 6.07 Å². The number of phenols is 1. The van der Waals surface area contributed by atoms with Gasteiger partial charge in [0.05, 0.1) is 0 Å². The molecule has 0 fully saturated rings. The van der Waals surface area contributed by atoms with Gasteiger partial charge in [0.15, 0.2) is 0 Å². The van der Waals surface area contributed by atoms with Crippen molar-refractivity contribution in [2.75, 3.05) is 0 Å². The summed E-state index contributed by atoms with van der Waals surface area (Å²) >= 11 is 0. The van der Waals surface area contributed by atoms with Gasteiger partial charge in [-0.05, 0) is 18.6 Å². The Morgan fingerprint density at radius 3 is 2.73 bits per heavy atom. The Bertz CT molecular complexity index is 245. The number of benzene rings is 1. The summed E-state index contributed by atoms with van der Waals surface area (Å²) in [5.41, 5.74) is 2.20. The monoisotopic (exact) mass is 147 g/mol. The second-order valence-corrected chi connectivity index (χ2v) is 2.73. The van der Waals surface area contributed by atoms with Gasteiger partial charge in [0.25, 0.3) is 0 Å². The summed E-state index contributed by atoms with van der Waals surface area (Å²) in [6, 6.07) is 5.70. The minimum atomic E-state index is 0.379. The summed E-state index contributed by atoms with van der Waals surface area (Å²) in [5.74, 6) is 0.379. The van der Waals surface area contributed by atoms with E-state index < -0.39 is 0 Å². The van der Waals surface area contributed by atoms with Crippen LogP contribution in [0.3, 0.4) is 0 Å². The highest BCUT2D eigenvalue weighted by molar-refractivity contribution is 6.32. The third-order valence-corrected chi connectivity index (χ3v) is 1.70. The SMILES string of the molecule is C[B]Cc1ccc(O)c(C)c1. The molecule has 1 nitrogen and oxygen atoms in total. The first-order chi connectivity index (χ1) is 5.24. The molecule has 0 aromatic heterocycles. The van der Waals surface area contributed by atoms with E-state index in [0.717, 1.165) is 11.9 Å². The van der Waals surface area contributed by atoms with E-state index in [2.05, 4.69) is 7.28 Å². The van der Waals surface area contributed by atoms with E-state index in [4.69, 9.17) is 0 Å². The summed E-state index contributed by atoms with van der Waals surface area (Å²) in [4.78, 5) is 0. The Morgan fingerprint density at radius 2 is 2.18 bits per heavy atom. The zero-order valence-electron chi connectivity index (χ0n) is 6.96. The first kappa shape index (κ1) is 8.18. The van der Waals surface area contributed by atoms with Crippen LogP contribution in [0.4, 0.5) is 0 Å². The molecule has 0 heterocycles. The van der Waals surface area contributed by atoms with E-state index in [0.29, 0.717) is 5.75 Å². The fourth-order valence-corrected chi connectivity index (χ4v) is 1.08. The Labute approximate surface area is 68.3 Å². The second kappa shape index (κ2) is 3.47. The van der Waals surface area contributed by atoms with Crippen molar-refractivity contribution >= 4 is 7.28 Å². The quantitative estimate of drug-likeness (QED) is 0.633. The first-order valence-corrected chi connectivity index (χ1v) is 3.80. The van der Waals surface area contributed by atoms with Crippen LogP contribution in [0.5, 0.6) is 5.75 Å². The van der Waals surface area contributed by atoms with Crippen LogP contribution in [0, 0.1) is 6.92 Å². The molecule has 0 amide bonds. The Kier molecular flexibility index (Phi) is 2.58. The number of aromatic hydroxyl groups is 1. The van der Waals surface area contributed by atoms with Gasteiger partial charge in [0, 0.05) is 0 Å². The van der Waals surface area contributed by atoms with Crippen LogP contribution in [0.2, 0.25) is 6.82 Å². The van der Waals surface area contributed by atoms with Gasteiger partial charge in [-0.25, -0.2) is 0 Å². The molecular formula is C9H12BO. The molecule has 2 heteroatoms. The predicted molar refractivity (Wildman–Crippen MR) is 48.2 cm³/mol. The standard InChI is InChI=1S/C9H12BO/c1-7-5-8(6-10-2)3-4-9(7)11/h3-5,11H,6H2,1-2H3. The summed E-state index contributed by atoms with van der Waals surface area (Å²) in [6.07, 6.45) is 0.973. The Hall–Kier alpha value is -0.915. The minimum absolute atomic E-state index is 0.379. The van der Waals surface area contributed by atoms with Crippen molar-refractivity contribution in [2.45, 2.75) is 20.1 Å². The molecule has 0 aliphatic heterocycles. The zero-order valence-corrected chi connectivity index (χ0v) is 6.96. The van der Waals surface area contributed by atoms with Gasteiger partial charge in [-0.1, -0.05) is 30.8 Å². The molecule has 1 rings (SSSR count). The summed E-state index contributed by atoms with van der Waals surface area (Å²) in [5, 5.41) is 9.20. The molecule has 1 aromatic rings. The van der Waals surface area contributed by atoms with Crippen molar-refractivity contribution in [1.29, 1.82) is 0 Å². The third kappa shape index (κ3) is 2.00. The summed E-state index contributed by atoms with van der Waals surface area (Å²) in [6.45, 7) is 3.94. The predicted octanol–water partition coefficient (Wildman–Crippen LogP) is 1.95. The normalized spacial score (nSPS) is 9.64. The van der Waals surface area contributed by atoms with Gasteiger partial charge in [-0.2, -0.15) is 0 Å².